The molecule has 0 bridgehead atoms. The van der Waals surface area contributed by atoms with Gasteiger partial charge in [0.05, 0.1) is 21.9 Å². The van der Waals surface area contributed by atoms with Gasteiger partial charge < -0.3 is 11.1 Å². The fraction of sp³-hybridized carbons (Fsp3) is 0.692. The van der Waals surface area contributed by atoms with Crippen LogP contribution in [0.15, 0.2) is 0 Å². The SMILES string of the molecule is Cc1nn(CCC(C)(NC2CC2)C(N)=O)c(C)c1Cl. The summed E-state index contributed by atoms with van der Waals surface area (Å²) in [6.45, 7) is 6.29. The molecule has 5 nitrogen and oxygen atoms in total. The summed E-state index contributed by atoms with van der Waals surface area (Å²) in [6.07, 6.45) is 2.85. The molecule has 0 aliphatic heterocycles. The molecule has 0 radical (unpaired) electrons. The lowest BCUT2D eigenvalue weighted by Crippen LogP contribution is -2.54. The highest BCUT2D eigenvalue weighted by Crippen LogP contribution is 2.25. The molecule has 19 heavy (non-hydrogen) atoms. The molecule has 0 saturated heterocycles. The zero-order valence-corrected chi connectivity index (χ0v) is 12.4. The van der Waals surface area contributed by atoms with Gasteiger partial charge in [-0.05, 0) is 40.0 Å². The van der Waals surface area contributed by atoms with Gasteiger partial charge in [0.2, 0.25) is 5.91 Å². The van der Waals surface area contributed by atoms with Crippen LogP contribution in [-0.2, 0) is 11.3 Å². The highest BCUT2D eigenvalue weighted by Gasteiger charge is 2.36. The van der Waals surface area contributed by atoms with E-state index >= 15 is 0 Å². The van der Waals surface area contributed by atoms with Crippen molar-refractivity contribution in [3.8, 4) is 0 Å². The Kier molecular flexibility index (Phi) is 3.87. The van der Waals surface area contributed by atoms with Gasteiger partial charge in [-0.25, -0.2) is 0 Å². The van der Waals surface area contributed by atoms with Gasteiger partial charge >= 0.3 is 0 Å². The fourth-order valence-corrected chi connectivity index (χ4v) is 2.30. The number of rotatable bonds is 6. The van der Waals surface area contributed by atoms with Crippen molar-refractivity contribution in [2.45, 2.75) is 58.2 Å². The number of hydrogen-bond donors (Lipinski definition) is 2. The van der Waals surface area contributed by atoms with Crippen LogP contribution in [0, 0.1) is 13.8 Å². The Morgan fingerprint density at radius 3 is 2.63 bits per heavy atom. The number of nitrogens with two attached hydrogens (primary N) is 1. The van der Waals surface area contributed by atoms with Gasteiger partial charge in [-0.3, -0.25) is 9.48 Å². The van der Waals surface area contributed by atoms with Crippen LogP contribution in [0.1, 0.15) is 37.6 Å². The number of nitrogens with zero attached hydrogens (tertiary/aromatic N) is 2. The van der Waals surface area contributed by atoms with Gasteiger partial charge in [0.25, 0.3) is 0 Å². The standard InChI is InChI=1S/C13H21ClN4O/c1-8-11(14)9(2)18(17-8)7-6-13(3,12(15)19)16-10-4-5-10/h10,16H,4-7H2,1-3H3,(H2,15,19). The second-order valence-electron chi connectivity index (χ2n) is 5.57. The second-order valence-corrected chi connectivity index (χ2v) is 5.95. The first-order valence-corrected chi connectivity index (χ1v) is 6.98. The van der Waals surface area contributed by atoms with Gasteiger partial charge in [0.1, 0.15) is 0 Å². The normalized spacial score (nSPS) is 18.3. The molecule has 1 heterocycles. The minimum absolute atomic E-state index is 0.313. The van der Waals surface area contributed by atoms with E-state index in [1.54, 1.807) is 0 Å². The summed E-state index contributed by atoms with van der Waals surface area (Å²) >= 11 is 6.11. The zero-order chi connectivity index (χ0) is 14.2. The van der Waals surface area contributed by atoms with E-state index in [9.17, 15) is 4.79 Å². The summed E-state index contributed by atoms with van der Waals surface area (Å²) < 4.78 is 1.84. The minimum atomic E-state index is -0.681. The molecule has 1 aliphatic carbocycles. The van der Waals surface area contributed by atoms with E-state index in [0.717, 1.165) is 24.2 Å². The van der Waals surface area contributed by atoms with E-state index < -0.39 is 5.54 Å². The molecule has 1 aromatic rings. The van der Waals surface area contributed by atoms with Crippen molar-refractivity contribution in [2.24, 2.45) is 5.73 Å². The molecule has 1 saturated carbocycles. The summed E-state index contributed by atoms with van der Waals surface area (Å²) in [4.78, 5) is 11.7. The summed E-state index contributed by atoms with van der Waals surface area (Å²) in [5, 5.41) is 8.39. The molecule has 2 rings (SSSR count). The number of nitrogens with one attached hydrogen (secondary N) is 1. The Morgan fingerprint density at radius 2 is 2.21 bits per heavy atom. The summed E-state index contributed by atoms with van der Waals surface area (Å²) in [7, 11) is 0. The summed E-state index contributed by atoms with van der Waals surface area (Å²) in [6, 6.07) is 0.432. The topological polar surface area (TPSA) is 72.9 Å². The fourth-order valence-electron chi connectivity index (χ4n) is 2.17. The number of aromatic nitrogens is 2. The molecule has 1 fully saturated rings. The molecule has 0 aromatic carbocycles. The minimum Gasteiger partial charge on any atom is -0.368 e. The lowest BCUT2D eigenvalue weighted by molar-refractivity contribution is -0.124. The maximum absolute atomic E-state index is 11.7. The molecule has 3 N–H and O–H groups in total. The average Bonchev–Trinajstić information content (AvgIpc) is 3.11. The van der Waals surface area contributed by atoms with Gasteiger partial charge in [-0.15, -0.1) is 0 Å². The van der Waals surface area contributed by atoms with Crippen molar-refractivity contribution in [2.75, 3.05) is 0 Å². The molecule has 6 heteroatoms. The molecular formula is C13H21ClN4O. The molecule has 1 atom stereocenters. The third-order valence-electron chi connectivity index (χ3n) is 3.76. The maximum atomic E-state index is 11.7. The lowest BCUT2D eigenvalue weighted by Gasteiger charge is -2.27. The summed E-state index contributed by atoms with van der Waals surface area (Å²) in [5.74, 6) is -0.313. The monoisotopic (exact) mass is 284 g/mol. The van der Waals surface area contributed by atoms with Crippen LogP contribution in [-0.4, -0.2) is 27.3 Å². The molecule has 1 amide bonds. The number of carbonyl (C=O) groups excluding carboxylic acids is 1. The third-order valence-corrected chi connectivity index (χ3v) is 4.31. The van der Waals surface area contributed by atoms with Crippen molar-refractivity contribution < 1.29 is 4.79 Å². The molecule has 1 aliphatic rings. The second kappa shape index (κ2) is 5.13. The van der Waals surface area contributed by atoms with E-state index in [2.05, 4.69) is 10.4 Å². The van der Waals surface area contributed by atoms with Crippen LogP contribution in [0.5, 0.6) is 0 Å². The lowest BCUT2D eigenvalue weighted by atomic mass is 9.96. The van der Waals surface area contributed by atoms with E-state index in [1.807, 2.05) is 25.5 Å². The Balaban J connectivity index is 2.05. The smallest absolute Gasteiger partial charge is 0.237 e. The van der Waals surface area contributed by atoms with Crippen LogP contribution >= 0.6 is 11.6 Å². The Labute approximate surface area is 118 Å². The van der Waals surface area contributed by atoms with Crippen LogP contribution in [0.2, 0.25) is 5.02 Å². The predicted octanol–water partition coefficient (Wildman–Crippen LogP) is 1.54. The first-order chi connectivity index (χ1) is 8.83. The van der Waals surface area contributed by atoms with E-state index in [0.29, 0.717) is 24.0 Å². The number of primary amides is 1. The van der Waals surface area contributed by atoms with E-state index in [-0.39, 0.29) is 5.91 Å². The van der Waals surface area contributed by atoms with Crippen molar-refractivity contribution in [3.05, 3.63) is 16.4 Å². The highest BCUT2D eigenvalue weighted by molar-refractivity contribution is 6.31. The Bertz CT molecular complexity index is 495. The molecule has 106 valence electrons. The van der Waals surface area contributed by atoms with E-state index in [4.69, 9.17) is 17.3 Å². The van der Waals surface area contributed by atoms with Crippen LogP contribution in [0.4, 0.5) is 0 Å². The number of carbonyl (C=O) groups is 1. The predicted molar refractivity (Wildman–Crippen MR) is 75.1 cm³/mol. The van der Waals surface area contributed by atoms with Crippen LogP contribution in [0.3, 0.4) is 0 Å². The third kappa shape index (κ3) is 3.09. The largest absolute Gasteiger partial charge is 0.368 e. The van der Waals surface area contributed by atoms with Crippen LogP contribution < -0.4 is 11.1 Å². The highest BCUT2D eigenvalue weighted by atomic mass is 35.5. The number of hydrogen-bond acceptors (Lipinski definition) is 3. The zero-order valence-electron chi connectivity index (χ0n) is 11.7. The average molecular weight is 285 g/mol. The van der Waals surface area contributed by atoms with Gasteiger partial charge in [0.15, 0.2) is 0 Å². The molecule has 0 spiro atoms. The number of halogens is 1. The van der Waals surface area contributed by atoms with Gasteiger partial charge in [-0.2, -0.15) is 5.10 Å². The van der Waals surface area contributed by atoms with Crippen molar-refractivity contribution >= 4 is 17.5 Å². The van der Waals surface area contributed by atoms with Gasteiger partial charge in [-0.1, -0.05) is 11.6 Å². The Hall–Kier alpha value is -1.07. The molecule has 1 aromatic heterocycles. The van der Waals surface area contributed by atoms with Crippen molar-refractivity contribution in [1.82, 2.24) is 15.1 Å². The number of aryl methyl sites for hydroxylation is 2. The summed E-state index contributed by atoms with van der Waals surface area (Å²) in [5.41, 5.74) is 6.59. The number of amides is 1. The van der Waals surface area contributed by atoms with Crippen molar-refractivity contribution in [1.29, 1.82) is 0 Å². The van der Waals surface area contributed by atoms with Gasteiger partial charge in [0, 0.05) is 12.6 Å². The maximum Gasteiger partial charge on any atom is 0.237 e. The van der Waals surface area contributed by atoms with Crippen molar-refractivity contribution in [3.63, 3.8) is 0 Å². The first kappa shape index (κ1) is 14.3. The van der Waals surface area contributed by atoms with Crippen LogP contribution in [0.25, 0.3) is 0 Å². The first-order valence-electron chi connectivity index (χ1n) is 6.60. The molecular weight excluding hydrogens is 264 g/mol. The Morgan fingerprint density at radius 1 is 1.58 bits per heavy atom. The van der Waals surface area contributed by atoms with E-state index in [1.165, 1.54) is 0 Å². The quantitative estimate of drug-likeness (QED) is 0.832. The molecule has 1 unspecified atom stereocenters.